The lowest BCUT2D eigenvalue weighted by Crippen LogP contribution is -2.41. The average Bonchev–Trinajstić information content (AvgIpc) is 3.04. The van der Waals surface area contributed by atoms with E-state index in [-0.39, 0.29) is 24.0 Å². The van der Waals surface area contributed by atoms with E-state index < -0.39 is 0 Å². The maximum absolute atomic E-state index is 5.46. The van der Waals surface area contributed by atoms with Crippen LogP contribution in [-0.4, -0.2) is 88.5 Å². The number of ether oxygens (including phenoxy) is 2. The van der Waals surface area contributed by atoms with E-state index in [1.807, 2.05) is 0 Å². The van der Waals surface area contributed by atoms with Crippen molar-refractivity contribution in [2.45, 2.75) is 19.8 Å². The molecule has 0 aromatic carbocycles. The molecule has 0 bridgehead atoms. The van der Waals surface area contributed by atoms with Gasteiger partial charge in [-0.25, -0.2) is 0 Å². The Balaban J connectivity index is 0.00000264. The van der Waals surface area contributed by atoms with Crippen molar-refractivity contribution in [3.05, 3.63) is 0 Å². The zero-order valence-electron chi connectivity index (χ0n) is 14.6. The van der Waals surface area contributed by atoms with Gasteiger partial charge in [-0.15, -0.1) is 24.0 Å². The third-order valence-electron chi connectivity index (χ3n) is 4.25. The van der Waals surface area contributed by atoms with Gasteiger partial charge in [-0.3, -0.25) is 9.89 Å². The molecule has 136 valence electrons. The highest BCUT2D eigenvalue weighted by molar-refractivity contribution is 14.0. The third-order valence-corrected chi connectivity index (χ3v) is 4.25. The number of morpholine rings is 1. The van der Waals surface area contributed by atoms with Gasteiger partial charge >= 0.3 is 0 Å². The second-order valence-corrected chi connectivity index (χ2v) is 6.15. The largest absolute Gasteiger partial charge is 0.381 e. The molecule has 2 aliphatic rings. The molecule has 1 unspecified atom stereocenters. The molecule has 7 heteroatoms. The summed E-state index contributed by atoms with van der Waals surface area (Å²) in [5.74, 6) is 1.67. The highest BCUT2D eigenvalue weighted by Gasteiger charge is 2.19. The minimum absolute atomic E-state index is 0. The quantitative estimate of drug-likeness (QED) is 0.280. The van der Waals surface area contributed by atoms with E-state index in [1.54, 1.807) is 0 Å². The van der Waals surface area contributed by atoms with Gasteiger partial charge in [0, 0.05) is 58.8 Å². The Morgan fingerprint density at radius 1 is 1.26 bits per heavy atom. The summed E-state index contributed by atoms with van der Waals surface area (Å²) >= 11 is 0. The number of nitrogens with one attached hydrogen (secondary N) is 1. The number of halogens is 1. The van der Waals surface area contributed by atoms with Crippen molar-refractivity contribution >= 4 is 29.9 Å². The van der Waals surface area contributed by atoms with Gasteiger partial charge in [-0.1, -0.05) is 0 Å². The van der Waals surface area contributed by atoms with Gasteiger partial charge in [0.2, 0.25) is 0 Å². The Kier molecular flexibility index (Phi) is 11.2. The van der Waals surface area contributed by atoms with E-state index in [9.17, 15) is 0 Å². The van der Waals surface area contributed by atoms with E-state index in [0.717, 1.165) is 78.1 Å². The van der Waals surface area contributed by atoms with E-state index in [4.69, 9.17) is 14.5 Å². The van der Waals surface area contributed by atoms with Crippen molar-refractivity contribution in [2.75, 3.05) is 72.7 Å². The first-order valence-electron chi connectivity index (χ1n) is 8.67. The number of nitrogens with zero attached hydrogens (tertiary/aromatic N) is 3. The Morgan fingerprint density at radius 2 is 2.04 bits per heavy atom. The van der Waals surface area contributed by atoms with Crippen LogP contribution in [0.25, 0.3) is 0 Å². The van der Waals surface area contributed by atoms with Crippen molar-refractivity contribution < 1.29 is 9.47 Å². The molecule has 1 N–H and O–H groups in total. The average molecular weight is 440 g/mol. The normalized spacial score (nSPS) is 22.7. The van der Waals surface area contributed by atoms with Crippen LogP contribution in [0, 0.1) is 5.92 Å². The molecule has 1 atom stereocenters. The van der Waals surface area contributed by atoms with Crippen LogP contribution in [0.1, 0.15) is 19.8 Å². The van der Waals surface area contributed by atoms with Gasteiger partial charge in [0.1, 0.15) is 0 Å². The van der Waals surface area contributed by atoms with Crippen LogP contribution in [0.15, 0.2) is 4.99 Å². The van der Waals surface area contributed by atoms with E-state index >= 15 is 0 Å². The predicted molar refractivity (Wildman–Crippen MR) is 105 cm³/mol. The first-order valence-corrected chi connectivity index (χ1v) is 8.67. The standard InChI is InChI=1S/C16H32N4O2.HI/c1-3-17-16(19(2)13-15-5-10-22-14-15)18-6-4-7-20-8-11-21-12-9-20;/h15H,3-14H2,1-2H3,(H,17,18);1H. The smallest absolute Gasteiger partial charge is 0.193 e. The second-order valence-electron chi connectivity index (χ2n) is 6.15. The van der Waals surface area contributed by atoms with Gasteiger partial charge in [0.05, 0.1) is 19.8 Å². The summed E-state index contributed by atoms with van der Waals surface area (Å²) in [6, 6.07) is 0. The Labute approximate surface area is 158 Å². The summed E-state index contributed by atoms with van der Waals surface area (Å²) in [5.41, 5.74) is 0. The van der Waals surface area contributed by atoms with E-state index in [1.165, 1.54) is 6.42 Å². The molecule has 0 amide bonds. The summed E-state index contributed by atoms with van der Waals surface area (Å²) in [4.78, 5) is 9.48. The van der Waals surface area contributed by atoms with Crippen LogP contribution < -0.4 is 5.32 Å². The van der Waals surface area contributed by atoms with Crippen molar-refractivity contribution in [2.24, 2.45) is 10.9 Å². The lowest BCUT2D eigenvalue weighted by Gasteiger charge is -2.26. The molecule has 23 heavy (non-hydrogen) atoms. The molecule has 2 aliphatic heterocycles. The van der Waals surface area contributed by atoms with Gasteiger partial charge in [0.25, 0.3) is 0 Å². The molecule has 0 aromatic rings. The van der Waals surface area contributed by atoms with Crippen LogP contribution in [0.5, 0.6) is 0 Å². The Bertz CT molecular complexity index is 332. The molecule has 0 aromatic heterocycles. The number of aliphatic imine (C=N–C) groups is 1. The van der Waals surface area contributed by atoms with Crippen molar-refractivity contribution in [3.63, 3.8) is 0 Å². The van der Waals surface area contributed by atoms with Crippen LogP contribution >= 0.6 is 24.0 Å². The summed E-state index contributed by atoms with van der Waals surface area (Å²) in [6.45, 7) is 11.7. The number of hydrogen-bond acceptors (Lipinski definition) is 4. The zero-order chi connectivity index (χ0) is 15.6. The number of rotatable bonds is 7. The predicted octanol–water partition coefficient (Wildman–Crippen LogP) is 1.26. The van der Waals surface area contributed by atoms with E-state index in [2.05, 4.69) is 29.1 Å². The summed E-state index contributed by atoms with van der Waals surface area (Å²) in [7, 11) is 2.13. The van der Waals surface area contributed by atoms with E-state index in [0.29, 0.717) is 5.92 Å². The van der Waals surface area contributed by atoms with Gasteiger partial charge < -0.3 is 19.7 Å². The zero-order valence-corrected chi connectivity index (χ0v) is 17.0. The minimum atomic E-state index is 0. The Hall–Kier alpha value is -0.120. The Morgan fingerprint density at radius 3 is 2.70 bits per heavy atom. The van der Waals surface area contributed by atoms with Crippen molar-refractivity contribution in [1.29, 1.82) is 0 Å². The highest BCUT2D eigenvalue weighted by Crippen LogP contribution is 2.13. The molecule has 0 spiro atoms. The SMILES string of the molecule is CCNC(=NCCCN1CCOCC1)N(C)CC1CCOC1.I. The van der Waals surface area contributed by atoms with Gasteiger partial charge in [-0.2, -0.15) is 0 Å². The fraction of sp³-hybridized carbons (Fsp3) is 0.938. The van der Waals surface area contributed by atoms with Crippen LogP contribution in [0.4, 0.5) is 0 Å². The third kappa shape index (κ3) is 8.00. The molecular weight excluding hydrogens is 407 g/mol. The number of guanidine groups is 1. The maximum atomic E-state index is 5.46. The first-order chi connectivity index (χ1) is 10.8. The summed E-state index contributed by atoms with van der Waals surface area (Å²) in [6.07, 6.45) is 2.27. The molecular formula is C16H33IN4O2. The second kappa shape index (κ2) is 12.3. The minimum Gasteiger partial charge on any atom is -0.381 e. The van der Waals surface area contributed by atoms with Crippen LogP contribution in [0.2, 0.25) is 0 Å². The van der Waals surface area contributed by atoms with Crippen LogP contribution in [0.3, 0.4) is 0 Å². The lowest BCUT2D eigenvalue weighted by atomic mass is 10.1. The van der Waals surface area contributed by atoms with Crippen molar-refractivity contribution in [3.8, 4) is 0 Å². The van der Waals surface area contributed by atoms with Gasteiger partial charge in [0.15, 0.2) is 5.96 Å². The first kappa shape index (κ1) is 20.9. The lowest BCUT2D eigenvalue weighted by molar-refractivity contribution is 0.0377. The van der Waals surface area contributed by atoms with Gasteiger partial charge in [-0.05, 0) is 19.8 Å². The molecule has 2 heterocycles. The molecule has 0 saturated carbocycles. The highest BCUT2D eigenvalue weighted by atomic mass is 127. The molecule has 0 aliphatic carbocycles. The topological polar surface area (TPSA) is 49.3 Å². The maximum Gasteiger partial charge on any atom is 0.193 e. The molecule has 2 fully saturated rings. The monoisotopic (exact) mass is 440 g/mol. The summed E-state index contributed by atoms with van der Waals surface area (Å²) < 4.78 is 10.8. The molecule has 2 saturated heterocycles. The molecule has 6 nitrogen and oxygen atoms in total. The molecule has 0 radical (unpaired) electrons. The van der Waals surface area contributed by atoms with Crippen LogP contribution in [-0.2, 0) is 9.47 Å². The fourth-order valence-electron chi connectivity index (χ4n) is 2.97. The number of hydrogen-bond donors (Lipinski definition) is 1. The fourth-order valence-corrected chi connectivity index (χ4v) is 2.97. The van der Waals surface area contributed by atoms with Crippen molar-refractivity contribution in [1.82, 2.24) is 15.1 Å². The summed E-state index contributed by atoms with van der Waals surface area (Å²) in [5, 5.41) is 3.40. The molecule has 2 rings (SSSR count).